The number of benzene rings is 1. The number of hydrogen-bond acceptors (Lipinski definition) is 5. The number of rotatable bonds is 5. The van der Waals surface area contributed by atoms with Crippen LogP contribution in [0.1, 0.15) is 25.5 Å². The van der Waals surface area contributed by atoms with Gasteiger partial charge in [-0.1, -0.05) is 11.6 Å². The number of thiophene rings is 1. The standard InChI is InChI=1S/C18H15ClFNO3S/c1-3-23-18(22)10(2)15-16(13-8-9-14(19)25-13)24-17(21-15)11-4-6-12(20)7-5-11/h4-10H,3H2,1-2H3. The maximum absolute atomic E-state index is 13.1. The van der Waals surface area contributed by atoms with E-state index in [2.05, 4.69) is 4.98 Å². The molecule has 4 nitrogen and oxygen atoms in total. The lowest BCUT2D eigenvalue weighted by atomic mass is 10.1. The van der Waals surface area contributed by atoms with Crippen LogP contribution in [0.5, 0.6) is 0 Å². The fourth-order valence-electron chi connectivity index (χ4n) is 2.33. The molecule has 0 aliphatic rings. The van der Waals surface area contributed by atoms with E-state index in [-0.39, 0.29) is 18.4 Å². The van der Waals surface area contributed by atoms with Gasteiger partial charge in [-0.05, 0) is 50.2 Å². The number of hydrogen-bond donors (Lipinski definition) is 0. The van der Waals surface area contributed by atoms with Crippen molar-refractivity contribution in [2.24, 2.45) is 0 Å². The van der Waals surface area contributed by atoms with Gasteiger partial charge in [0.05, 0.1) is 15.8 Å². The highest BCUT2D eigenvalue weighted by Gasteiger charge is 2.27. The van der Waals surface area contributed by atoms with Crippen molar-refractivity contribution in [3.05, 3.63) is 52.2 Å². The normalized spacial score (nSPS) is 12.2. The summed E-state index contributed by atoms with van der Waals surface area (Å²) >= 11 is 7.35. The summed E-state index contributed by atoms with van der Waals surface area (Å²) < 4.78 is 24.7. The van der Waals surface area contributed by atoms with E-state index in [1.54, 1.807) is 32.0 Å². The first kappa shape index (κ1) is 17.6. The minimum absolute atomic E-state index is 0.284. The minimum Gasteiger partial charge on any atom is -0.465 e. The smallest absolute Gasteiger partial charge is 0.314 e. The van der Waals surface area contributed by atoms with Crippen molar-refractivity contribution in [2.45, 2.75) is 19.8 Å². The van der Waals surface area contributed by atoms with Gasteiger partial charge >= 0.3 is 5.97 Å². The molecule has 130 valence electrons. The molecule has 0 saturated carbocycles. The number of nitrogens with zero attached hydrogens (tertiary/aromatic N) is 1. The van der Waals surface area contributed by atoms with Crippen LogP contribution in [0.2, 0.25) is 4.34 Å². The second-order valence-corrected chi connectivity index (χ2v) is 7.03. The highest BCUT2D eigenvalue weighted by molar-refractivity contribution is 7.19. The average Bonchev–Trinajstić information content (AvgIpc) is 3.21. The van der Waals surface area contributed by atoms with Gasteiger partial charge in [0.2, 0.25) is 5.89 Å². The van der Waals surface area contributed by atoms with Gasteiger partial charge in [-0.3, -0.25) is 4.79 Å². The first-order valence-corrected chi connectivity index (χ1v) is 8.88. The summed E-state index contributed by atoms with van der Waals surface area (Å²) in [4.78, 5) is 17.4. The molecule has 0 amide bonds. The van der Waals surface area contributed by atoms with Gasteiger partial charge < -0.3 is 9.15 Å². The zero-order valence-corrected chi connectivity index (χ0v) is 15.2. The first-order chi connectivity index (χ1) is 12.0. The Labute approximate surface area is 153 Å². The van der Waals surface area contributed by atoms with E-state index in [9.17, 15) is 9.18 Å². The number of ether oxygens (including phenoxy) is 1. The Morgan fingerprint density at radius 2 is 2.04 bits per heavy atom. The fourth-order valence-corrected chi connectivity index (χ4v) is 3.37. The van der Waals surface area contributed by atoms with Crippen LogP contribution in [0.25, 0.3) is 22.1 Å². The molecule has 1 atom stereocenters. The lowest BCUT2D eigenvalue weighted by molar-refractivity contribution is -0.144. The molecular formula is C18H15ClFNO3S. The van der Waals surface area contributed by atoms with Gasteiger partial charge in [0, 0.05) is 5.56 Å². The van der Waals surface area contributed by atoms with E-state index in [0.717, 1.165) is 4.88 Å². The number of oxazole rings is 1. The van der Waals surface area contributed by atoms with Crippen molar-refractivity contribution in [3.63, 3.8) is 0 Å². The van der Waals surface area contributed by atoms with Crippen LogP contribution >= 0.6 is 22.9 Å². The van der Waals surface area contributed by atoms with E-state index in [0.29, 0.717) is 27.2 Å². The molecule has 1 unspecified atom stereocenters. The summed E-state index contributed by atoms with van der Waals surface area (Å²) in [5, 5.41) is 0. The van der Waals surface area contributed by atoms with Crippen molar-refractivity contribution in [2.75, 3.05) is 6.61 Å². The van der Waals surface area contributed by atoms with Crippen molar-refractivity contribution in [1.29, 1.82) is 0 Å². The van der Waals surface area contributed by atoms with Gasteiger partial charge in [-0.15, -0.1) is 11.3 Å². The monoisotopic (exact) mass is 379 g/mol. The molecule has 0 aliphatic heterocycles. The molecule has 2 heterocycles. The topological polar surface area (TPSA) is 52.3 Å². The maximum Gasteiger partial charge on any atom is 0.314 e. The molecule has 0 spiro atoms. The molecule has 3 rings (SSSR count). The van der Waals surface area contributed by atoms with E-state index in [1.165, 1.54) is 23.5 Å². The minimum atomic E-state index is -0.603. The molecule has 0 N–H and O–H groups in total. The quantitative estimate of drug-likeness (QED) is 0.547. The summed E-state index contributed by atoms with van der Waals surface area (Å²) in [6.45, 7) is 3.74. The Morgan fingerprint density at radius 3 is 2.64 bits per heavy atom. The van der Waals surface area contributed by atoms with Gasteiger partial charge in [0.1, 0.15) is 17.4 Å². The zero-order chi connectivity index (χ0) is 18.0. The Kier molecular flexibility index (Phi) is 5.20. The van der Waals surface area contributed by atoms with Crippen LogP contribution in [-0.4, -0.2) is 17.6 Å². The van der Waals surface area contributed by atoms with Crippen LogP contribution in [-0.2, 0) is 9.53 Å². The molecule has 3 aromatic rings. The van der Waals surface area contributed by atoms with Crippen LogP contribution in [0.15, 0.2) is 40.8 Å². The molecule has 0 aliphatic carbocycles. The number of halogens is 2. The third kappa shape index (κ3) is 3.75. The van der Waals surface area contributed by atoms with E-state index < -0.39 is 5.92 Å². The lowest BCUT2D eigenvalue weighted by Crippen LogP contribution is -2.14. The maximum atomic E-state index is 13.1. The number of carbonyl (C=O) groups is 1. The third-order valence-corrected chi connectivity index (χ3v) is 4.82. The van der Waals surface area contributed by atoms with E-state index >= 15 is 0 Å². The number of carbonyl (C=O) groups excluding carboxylic acids is 1. The van der Waals surface area contributed by atoms with Crippen LogP contribution < -0.4 is 0 Å². The van der Waals surface area contributed by atoms with Crippen molar-refractivity contribution >= 4 is 28.9 Å². The largest absolute Gasteiger partial charge is 0.465 e. The Balaban J connectivity index is 2.08. The molecule has 0 fully saturated rings. The van der Waals surface area contributed by atoms with Crippen LogP contribution in [0.3, 0.4) is 0 Å². The number of aromatic nitrogens is 1. The first-order valence-electron chi connectivity index (χ1n) is 7.68. The van der Waals surface area contributed by atoms with Crippen molar-refractivity contribution in [3.8, 4) is 22.1 Å². The molecule has 2 aromatic heterocycles. The highest BCUT2D eigenvalue weighted by Crippen LogP contribution is 2.38. The lowest BCUT2D eigenvalue weighted by Gasteiger charge is -2.08. The molecule has 1 aromatic carbocycles. The van der Waals surface area contributed by atoms with Gasteiger partial charge in [-0.25, -0.2) is 9.37 Å². The average molecular weight is 380 g/mol. The predicted molar refractivity (Wildman–Crippen MR) is 95.3 cm³/mol. The molecular weight excluding hydrogens is 365 g/mol. The molecule has 7 heteroatoms. The number of esters is 1. The third-order valence-electron chi connectivity index (χ3n) is 3.59. The second kappa shape index (κ2) is 7.37. The van der Waals surface area contributed by atoms with Gasteiger partial charge in [-0.2, -0.15) is 0 Å². The SMILES string of the molecule is CCOC(=O)C(C)c1nc(-c2ccc(F)cc2)oc1-c1ccc(Cl)s1. The Bertz CT molecular complexity index is 888. The molecule has 0 radical (unpaired) electrons. The predicted octanol–water partition coefficient (Wildman–Crippen LogP) is 5.53. The van der Waals surface area contributed by atoms with Crippen LogP contribution in [0.4, 0.5) is 4.39 Å². The van der Waals surface area contributed by atoms with Crippen molar-refractivity contribution in [1.82, 2.24) is 4.98 Å². The van der Waals surface area contributed by atoms with E-state index in [4.69, 9.17) is 20.8 Å². The summed E-state index contributed by atoms with van der Waals surface area (Å²) in [6.07, 6.45) is 0. The highest BCUT2D eigenvalue weighted by atomic mass is 35.5. The summed E-state index contributed by atoms with van der Waals surface area (Å²) in [5.41, 5.74) is 1.09. The molecule has 0 saturated heterocycles. The van der Waals surface area contributed by atoms with Gasteiger partial charge in [0.25, 0.3) is 0 Å². The Morgan fingerprint density at radius 1 is 1.32 bits per heavy atom. The second-order valence-electron chi connectivity index (χ2n) is 5.32. The van der Waals surface area contributed by atoms with Crippen molar-refractivity contribution < 1.29 is 18.3 Å². The summed E-state index contributed by atoms with van der Waals surface area (Å²) in [6, 6.07) is 9.37. The van der Waals surface area contributed by atoms with Gasteiger partial charge in [0.15, 0.2) is 5.76 Å². The van der Waals surface area contributed by atoms with Crippen LogP contribution in [0, 0.1) is 5.82 Å². The van der Waals surface area contributed by atoms with E-state index in [1.807, 2.05) is 6.07 Å². The molecule has 0 bridgehead atoms. The Hall–Kier alpha value is -2.18. The summed E-state index contributed by atoms with van der Waals surface area (Å²) in [7, 11) is 0. The summed E-state index contributed by atoms with van der Waals surface area (Å²) in [5.74, 6) is -0.553. The zero-order valence-electron chi connectivity index (χ0n) is 13.6. The fraction of sp³-hybridized carbons (Fsp3) is 0.222. The molecule has 25 heavy (non-hydrogen) atoms.